The molecule has 2 rings (SSSR count). The molecule has 0 saturated carbocycles. The monoisotopic (exact) mass is 301 g/mol. The van der Waals surface area contributed by atoms with Crippen molar-refractivity contribution in [1.82, 2.24) is 0 Å². The molecule has 2 aromatic carbocycles. The molecule has 0 aromatic heterocycles. The maximum atomic E-state index is 13.7. The van der Waals surface area contributed by atoms with Crippen LogP contribution in [0.25, 0.3) is 0 Å². The molecular formula is C14H11ClF3NO. The van der Waals surface area contributed by atoms with E-state index in [9.17, 15) is 13.2 Å². The molecule has 0 radical (unpaired) electrons. The van der Waals surface area contributed by atoms with Gasteiger partial charge in [0.1, 0.15) is 5.75 Å². The van der Waals surface area contributed by atoms with E-state index in [0.717, 1.165) is 12.1 Å². The lowest BCUT2D eigenvalue weighted by atomic mass is 9.98. The van der Waals surface area contributed by atoms with E-state index in [-0.39, 0.29) is 5.56 Å². The lowest BCUT2D eigenvalue weighted by Gasteiger charge is -2.15. The fourth-order valence-corrected chi connectivity index (χ4v) is 2.03. The molecule has 0 fully saturated rings. The largest absolute Gasteiger partial charge is 0.495 e. The minimum atomic E-state index is -1.54. The van der Waals surface area contributed by atoms with Crippen LogP contribution in [0.3, 0.4) is 0 Å². The molecule has 106 valence electrons. The summed E-state index contributed by atoms with van der Waals surface area (Å²) in [6.45, 7) is 0. The highest BCUT2D eigenvalue weighted by Crippen LogP contribution is 2.31. The average molecular weight is 302 g/mol. The Bertz CT molecular complexity index is 649. The molecule has 0 saturated heterocycles. The summed E-state index contributed by atoms with van der Waals surface area (Å²) < 4.78 is 44.9. The van der Waals surface area contributed by atoms with Gasteiger partial charge in [0.15, 0.2) is 17.5 Å². The molecule has 1 atom stereocenters. The van der Waals surface area contributed by atoms with Gasteiger partial charge in [0.25, 0.3) is 0 Å². The van der Waals surface area contributed by atoms with Crippen LogP contribution in [0.4, 0.5) is 13.2 Å². The highest BCUT2D eigenvalue weighted by molar-refractivity contribution is 6.32. The van der Waals surface area contributed by atoms with Crippen LogP contribution in [-0.4, -0.2) is 7.11 Å². The van der Waals surface area contributed by atoms with Crippen molar-refractivity contribution in [1.29, 1.82) is 0 Å². The minimum absolute atomic E-state index is 0.145. The van der Waals surface area contributed by atoms with Crippen LogP contribution in [-0.2, 0) is 0 Å². The summed E-state index contributed by atoms with van der Waals surface area (Å²) in [6.07, 6.45) is 0. The van der Waals surface area contributed by atoms with Crippen LogP contribution in [0.15, 0.2) is 30.3 Å². The van der Waals surface area contributed by atoms with Crippen molar-refractivity contribution in [3.8, 4) is 5.75 Å². The summed E-state index contributed by atoms with van der Waals surface area (Å²) in [5.41, 5.74) is 6.21. The average Bonchev–Trinajstić information content (AvgIpc) is 2.45. The number of nitrogens with two attached hydrogens (primary N) is 1. The first-order valence-corrected chi connectivity index (χ1v) is 6.06. The zero-order chi connectivity index (χ0) is 14.9. The predicted molar refractivity (Wildman–Crippen MR) is 70.4 cm³/mol. The summed E-state index contributed by atoms with van der Waals surface area (Å²) >= 11 is 5.87. The van der Waals surface area contributed by atoms with Crippen LogP contribution in [0, 0.1) is 17.5 Å². The predicted octanol–water partition coefficient (Wildman–Crippen LogP) is 3.81. The first kappa shape index (κ1) is 14.7. The lowest BCUT2D eigenvalue weighted by Crippen LogP contribution is -2.15. The second-order valence-electron chi connectivity index (χ2n) is 4.14. The maximum absolute atomic E-state index is 13.7. The second-order valence-corrected chi connectivity index (χ2v) is 4.54. The standard InChI is InChI=1S/C14H11ClF3NO/c1-20-11-6-7(2-4-9(11)15)14(19)8-3-5-10(16)13(18)12(8)17/h2-6,14H,19H2,1H3. The van der Waals surface area contributed by atoms with Crippen LogP contribution >= 0.6 is 11.6 Å². The van der Waals surface area contributed by atoms with Crippen LogP contribution in [0.1, 0.15) is 17.2 Å². The van der Waals surface area contributed by atoms with Gasteiger partial charge in [-0.15, -0.1) is 0 Å². The smallest absolute Gasteiger partial charge is 0.194 e. The Morgan fingerprint density at radius 1 is 1.10 bits per heavy atom. The van der Waals surface area contributed by atoms with Gasteiger partial charge in [-0.25, -0.2) is 13.2 Å². The third-order valence-corrected chi connectivity index (χ3v) is 3.25. The number of hydrogen-bond acceptors (Lipinski definition) is 2. The third kappa shape index (κ3) is 2.59. The third-order valence-electron chi connectivity index (χ3n) is 2.93. The number of halogens is 4. The van der Waals surface area contributed by atoms with Crippen molar-refractivity contribution in [2.45, 2.75) is 6.04 Å². The SMILES string of the molecule is COc1cc(C(N)c2ccc(F)c(F)c2F)ccc1Cl. The molecule has 0 aliphatic heterocycles. The topological polar surface area (TPSA) is 35.2 Å². The lowest BCUT2D eigenvalue weighted by molar-refractivity contribution is 0.414. The Morgan fingerprint density at radius 2 is 1.80 bits per heavy atom. The molecule has 2 N–H and O–H groups in total. The van der Waals surface area contributed by atoms with E-state index in [2.05, 4.69) is 0 Å². The second kappa shape index (κ2) is 5.73. The molecule has 2 aromatic rings. The van der Waals surface area contributed by atoms with Gasteiger partial charge in [0.05, 0.1) is 18.2 Å². The van der Waals surface area contributed by atoms with E-state index in [1.807, 2.05) is 0 Å². The molecular weight excluding hydrogens is 291 g/mol. The molecule has 0 heterocycles. The van der Waals surface area contributed by atoms with Gasteiger partial charge in [-0.2, -0.15) is 0 Å². The quantitative estimate of drug-likeness (QED) is 0.875. The Balaban J connectivity index is 2.46. The van der Waals surface area contributed by atoms with Crippen molar-refractivity contribution in [2.75, 3.05) is 7.11 Å². The van der Waals surface area contributed by atoms with E-state index in [1.54, 1.807) is 6.07 Å². The Morgan fingerprint density at radius 3 is 2.45 bits per heavy atom. The summed E-state index contributed by atoms with van der Waals surface area (Å²) in [7, 11) is 1.43. The normalized spacial score (nSPS) is 12.3. The maximum Gasteiger partial charge on any atom is 0.194 e. The van der Waals surface area contributed by atoms with Gasteiger partial charge in [0.2, 0.25) is 0 Å². The van der Waals surface area contributed by atoms with Crippen LogP contribution in [0.5, 0.6) is 5.75 Å². The number of methoxy groups -OCH3 is 1. The van der Waals surface area contributed by atoms with Crippen molar-refractivity contribution < 1.29 is 17.9 Å². The summed E-state index contributed by atoms with van der Waals surface area (Å²) in [4.78, 5) is 0. The van der Waals surface area contributed by atoms with Crippen molar-refractivity contribution in [2.24, 2.45) is 5.73 Å². The highest BCUT2D eigenvalue weighted by atomic mass is 35.5. The van der Waals surface area contributed by atoms with Crippen LogP contribution in [0.2, 0.25) is 5.02 Å². The summed E-state index contributed by atoms with van der Waals surface area (Å²) in [5.74, 6) is -3.74. The van der Waals surface area contributed by atoms with E-state index in [1.165, 1.54) is 19.2 Å². The molecule has 20 heavy (non-hydrogen) atoms. The van der Waals surface area contributed by atoms with E-state index in [4.69, 9.17) is 22.1 Å². The summed E-state index contributed by atoms with van der Waals surface area (Å²) in [6, 6.07) is 5.61. The molecule has 0 aliphatic rings. The highest BCUT2D eigenvalue weighted by Gasteiger charge is 2.20. The number of hydrogen-bond donors (Lipinski definition) is 1. The molecule has 1 unspecified atom stereocenters. The Labute approximate surface area is 118 Å². The van der Waals surface area contributed by atoms with Gasteiger partial charge < -0.3 is 10.5 Å². The summed E-state index contributed by atoms with van der Waals surface area (Å²) in [5, 5.41) is 0.370. The van der Waals surface area contributed by atoms with E-state index in [0.29, 0.717) is 16.3 Å². The van der Waals surface area contributed by atoms with Crippen LogP contribution < -0.4 is 10.5 Å². The number of benzene rings is 2. The zero-order valence-corrected chi connectivity index (χ0v) is 11.2. The molecule has 0 amide bonds. The fourth-order valence-electron chi connectivity index (χ4n) is 1.83. The molecule has 2 nitrogen and oxygen atoms in total. The first-order valence-electron chi connectivity index (χ1n) is 5.68. The molecule has 6 heteroatoms. The minimum Gasteiger partial charge on any atom is -0.495 e. The zero-order valence-electron chi connectivity index (χ0n) is 10.5. The van der Waals surface area contributed by atoms with Gasteiger partial charge >= 0.3 is 0 Å². The molecule has 0 bridgehead atoms. The van der Waals surface area contributed by atoms with E-state index < -0.39 is 23.5 Å². The van der Waals surface area contributed by atoms with Crippen molar-refractivity contribution in [3.63, 3.8) is 0 Å². The molecule has 0 spiro atoms. The number of ether oxygens (including phenoxy) is 1. The van der Waals surface area contributed by atoms with Crippen molar-refractivity contribution in [3.05, 3.63) is 63.9 Å². The van der Waals surface area contributed by atoms with Gasteiger partial charge in [-0.1, -0.05) is 23.7 Å². The fraction of sp³-hybridized carbons (Fsp3) is 0.143. The van der Waals surface area contributed by atoms with Gasteiger partial charge in [0, 0.05) is 5.56 Å². The molecule has 0 aliphatic carbocycles. The van der Waals surface area contributed by atoms with E-state index >= 15 is 0 Å². The number of rotatable bonds is 3. The van der Waals surface area contributed by atoms with Gasteiger partial charge in [-0.05, 0) is 23.8 Å². The van der Waals surface area contributed by atoms with Crippen molar-refractivity contribution >= 4 is 11.6 Å². The van der Waals surface area contributed by atoms with Gasteiger partial charge in [-0.3, -0.25) is 0 Å². The first-order chi connectivity index (χ1) is 9.45. The Kier molecular flexibility index (Phi) is 4.20. The Hall–Kier alpha value is -1.72.